The first-order valence-corrected chi connectivity index (χ1v) is 4.99. The molecule has 0 heterocycles. The van der Waals surface area contributed by atoms with Crippen LogP contribution in [0.2, 0.25) is 0 Å². The van der Waals surface area contributed by atoms with Gasteiger partial charge in [-0.15, -0.1) is 0 Å². The predicted molar refractivity (Wildman–Crippen MR) is 59.6 cm³/mol. The average molecular weight is 210 g/mol. The molecular weight excluding hydrogens is 192 g/mol. The number of nitrogens with two attached hydrogens (primary N) is 1. The molecule has 84 valence electrons. The summed E-state index contributed by atoms with van der Waals surface area (Å²) in [5.41, 5.74) is 3.77. The van der Waals surface area contributed by atoms with Crippen molar-refractivity contribution in [1.82, 2.24) is 5.43 Å². The van der Waals surface area contributed by atoms with Crippen LogP contribution >= 0.6 is 0 Å². The lowest BCUT2D eigenvalue weighted by Crippen LogP contribution is -2.31. The molecule has 1 aromatic rings. The van der Waals surface area contributed by atoms with Crippen molar-refractivity contribution in [3.8, 4) is 5.75 Å². The number of ether oxygens (including phenoxy) is 2. The SMILES string of the molecule is CCOc1cccc(C(COC)NN)c1. The Hall–Kier alpha value is -1.10. The van der Waals surface area contributed by atoms with Gasteiger partial charge in [0.2, 0.25) is 0 Å². The summed E-state index contributed by atoms with van der Waals surface area (Å²) in [6.45, 7) is 3.15. The van der Waals surface area contributed by atoms with Gasteiger partial charge in [-0.1, -0.05) is 12.1 Å². The first-order valence-electron chi connectivity index (χ1n) is 4.99. The van der Waals surface area contributed by atoms with E-state index in [2.05, 4.69) is 5.43 Å². The van der Waals surface area contributed by atoms with Crippen molar-refractivity contribution in [2.75, 3.05) is 20.3 Å². The Morgan fingerprint density at radius 3 is 2.87 bits per heavy atom. The summed E-state index contributed by atoms with van der Waals surface area (Å²) >= 11 is 0. The minimum atomic E-state index is -0.00425. The van der Waals surface area contributed by atoms with E-state index in [1.807, 2.05) is 31.2 Å². The number of methoxy groups -OCH3 is 1. The molecule has 0 fully saturated rings. The second-order valence-corrected chi connectivity index (χ2v) is 3.18. The van der Waals surface area contributed by atoms with Crippen molar-refractivity contribution in [3.05, 3.63) is 29.8 Å². The highest BCUT2D eigenvalue weighted by Gasteiger charge is 2.09. The van der Waals surface area contributed by atoms with Gasteiger partial charge >= 0.3 is 0 Å². The third-order valence-corrected chi connectivity index (χ3v) is 2.11. The maximum Gasteiger partial charge on any atom is 0.119 e. The first kappa shape index (κ1) is 12.0. The Bertz CT molecular complexity index is 292. The van der Waals surface area contributed by atoms with Crippen LogP contribution < -0.4 is 16.0 Å². The van der Waals surface area contributed by atoms with Crippen LogP contribution in [-0.2, 0) is 4.74 Å². The van der Waals surface area contributed by atoms with Crippen molar-refractivity contribution in [2.45, 2.75) is 13.0 Å². The van der Waals surface area contributed by atoms with Gasteiger partial charge in [0.1, 0.15) is 5.75 Å². The lowest BCUT2D eigenvalue weighted by Gasteiger charge is -2.16. The highest BCUT2D eigenvalue weighted by Crippen LogP contribution is 2.19. The fraction of sp³-hybridized carbons (Fsp3) is 0.455. The van der Waals surface area contributed by atoms with Crippen molar-refractivity contribution in [3.63, 3.8) is 0 Å². The molecule has 0 aliphatic rings. The molecule has 3 N–H and O–H groups in total. The van der Waals surface area contributed by atoms with Crippen LogP contribution in [0.3, 0.4) is 0 Å². The van der Waals surface area contributed by atoms with E-state index < -0.39 is 0 Å². The van der Waals surface area contributed by atoms with E-state index in [0.717, 1.165) is 11.3 Å². The van der Waals surface area contributed by atoms with E-state index in [4.69, 9.17) is 15.3 Å². The number of hydrogen-bond donors (Lipinski definition) is 2. The van der Waals surface area contributed by atoms with E-state index in [-0.39, 0.29) is 6.04 Å². The zero-order valence-corrected chi connectivity index (χ0v) is 9.19. The van der Waals surface area contributed by atoms with E-state index in [0.29, 0.717) is 13.2 Å². The van der Waals surface area contributed by atoms with Gasteiger partial charge in [-0.05, 0) is 24.6 Å². The van der Waals surface area contributed by atoms with Crippen molar-refractivity contribution in [2.24, 2.45) is 5.84 Å². The standard InChI is InChI=1S/C11H18N2O2/c1-3-15-10-6-4-5-9(7-10)11(13-12)8-14-2/h4-7,11,13H,3,8,12H2,1-2H3. The lowest BCUT2D eigenvalue weighted by atomic mass is 10.1. The Labute approximate surface area is 90.3 Å². The van der Waals surface area contributed by atoms with E-state index >= 15 is 0 Å². The summed E-state index contributed by atoms with van der Waals surface area (Å²) in [5.74, 6) is 6.30. The van der Waals surface area contributed by atoms with Crippen LogP contribution in [0.15, 0.2) is 24.3 Å². The van der Waals surface area contributed by atoms with Crippen LogP contribution in [0, 0.1) is 0 Å². The normalized spacial score (nSPS) is 12.5. The zero-order valence-electron chi connectivity index (χ0n) is 9.19. The second kappa shape index (κ2) is 6.40. The third kappa shape index (κ3) is 3.51. The molecule has 4 nitrogen and oxygen atoms in total. The molecule has 0 spiro atoms. The van der Waals surface area contributed by atoms with Crippen LogP contribution in [0.5, 0.6) is 5.75 Å². The Morgan fingerprint density at radius 2 is 2.27 bits per heavy atom. The van der Waals surface area contributed by atoms with Gasteiger partial charge in [0.15, 0.2) is 0 Å². The molecule has 0 amide bonds. The van der Waals surface area contributed by atoms with Gasteiger partial charge in [0.05, 0.1) is 19.3 Å². The minimum Gasteiger partial charge on any atom is -0.494 e. The van der Waals surface area contributed by atoms with Gasteiger partial charge in [-0.3, -0.25) is 11.3 Å². The molecule has 0 bridgehead atoms. The molecular formula is C11H18N2O2. The van der Waals surface area contributed by atoms with Gasteiger partial charge < -0.3 is 9.47 Å². The van der Waals surface area contributed by atoms with Gasteiger partial charge in [-0.2, -0.15) is 0 Å². The smallest absolute Gasteiger partial charge is 0.119 e. The van der Waals surface area contributed by atoms with Crippen LogP contribution in [-0.4, -0.2) is 20.3 Å². The summed E-state index contributed by atoms with van der Waals surface area (Å²) in [5, 5.41) is 0. The van der Waals surface area contributed by atoms with E-state index in [9.17, 15) is 0 Å². The summed E-state index contributed by atoms with van der Waals surface area (Å²) in [6.07, 6.45) is 0. The van der Waals surface area contributed by atoms with Crippen molar-refractivity contribution < 1.29 is 9.47 Å². The highest BCUT2D eigenvalue weighted by atomic mass is 16.5. The number of hydrogen-bond acceptors (Lipinski definition) is 4. The fourth-order valence-corrected chi connectivity index (χ4v) is 1.39. The quantitative estimate of drug-likeness (QED) is 0.548. The predicted octanol–water partition coefficient (Wildman–Crippen LogP) is 1.24. The Morgan fingerprint density at radius 1 is 1.47 bits per heavy atom. The summed E-state index contributed by atoms with van der Waals surface area (Å²) in [4.78, 5) is 0. The number of rotatable bonds is 6. The molecule has 15 heavy (non-hydrogen) atoms. The van der Waals surface area contributed by atoms with Crippen molar-refractivity contribution >= 4 is 0 Å². The molecule has 0 saturated carbocycles. The molecule has 1 atom stereocenters. The number of hydrazine groups is 1. The fourth-order valence-electron chi connectivity index (χ4n) is 1.39. The molecule has 0 aromatic heterocycles. The average Bonchev–Trinajstić information content (AvgIpc) is 2.27. The molecule has 1 rings (SSSR count). The molecule has 0 radical (unpaired) electrons. The molecule has 1 aromatic carbocycles. The van der Waals surface area contributed by atoms with Gasteiger partial charge in [-0.25, -0.2) is 0 Å². The van der Waals surface area contributed by atoms with Crippen LogP contribution in [0.1, 0.15) is 18.5 Å². The molecule has 4 heteroatoms. The summed E-state index contributed by atoms with van der Waals surface area (Å²) in [6, 6.07) is 7.82. The minimum absolute atomic E-state index is 0.00425. The first-order chi connectivity index (χ1) is 7.31. The Kier molecular flexibility index (Phi) is 5.10. The molecule has 0 aliphatic carbocycles. The van der Waals surface area contributed by atoms with Gasteiger partial charge in [0.25, 0.3) is 0 Å². The van der Waals surface area contributed by atoms with E-state index in [1.54, 1.807) is 7.11 Å². The van der Waals surface area contributed by atoms with Crippen LogP contribution in [0.4, 0.5) is 0 Å². The molecule has 0 saturated heterocycles. The number of nitrogens with one attached hydrogen (secondary N) is 1. The monoisotopic (exact) mass is 210 g/mol. The highest BCUT2D eigenvalue weighted by molar-refractivity contribution is 5.30. The molecule has 0 aliphatic heterocycles. The second-order valence-electron chi connectivity index (χ2n) is 3.18. The number of benzene rings is 1. The maximum absolute atomic E-state index is 5.44. The van der Waals surface area contributed by atoms with Gasteiger partial charge in [0, 0.05) is 7.11 Å². The van der Waals surface area contributed by atoms with E-state index in [1.165, 1.54) is 0 Å². The van der Waals surface area contributed by atoms with Crippen LogP contribution in [0.25, 0.3) is 0 Å². The zero-order chi connectivity index (χ0) is 11.1. The maximum atomic E-state index is 5.44. The largest absolute Gasteiger partial charge is 0.494 e. The molecule has 1 unspecified atom stereocenters. The Balaban J connectivity index is 2.77. The summed E-state index contributed by atoms with van der Waals surface area (Å²) < 4.78 is 10.5. The summed E-state index contributed by atoms with van der Waals surface area (Å²) in [7, 11) is 1.65. The lowest BCUT2D eigenvalue weighted by molar-refractivity contribution is 0.167. The topological polar surface area (TPSA) is 56.5 Å². The van der Waals surface area contributed by atoms with Crippen molar-refractivity contribution in [1.29, 1.82) is 0 Å². The third-order valence-electron chi connectivity index (χ3n) is 2.11.